The predicted octanol–water partition coefficient (Wildman–Crippen LogP) is 3.25. The molecule has 1 fully saturated rings. The number of carbonyl (C=O) groups is 4. The Morgan fingerprint density at radius 2 is 1.53 bits per heavy atom. The fraction of sp³-hybridized carbons (Fsp3) is 0.280. The Hall–Kier alpha value is -3.74. The first-order chi connectivity index (χ1) is 15.5. The number of anilines is 1. The summed E-state index contributed by atoms with van der Waals surface area (Å²) in [5, 5.41) is 2.93. The van der Waals surface area contributed by atoms with E-state index in [0.29, 0.717) is 18.5 Å². The van der Waals surface area contributed by atoms with Crippen molar-refractivity contribution in [1.82, 2.24) is 9.80 Å². The molecule has 4 rings (SSSR count). The minimum absolute atomic E-state index is 0.143. The zero-order valence-corrected chi connectivity index (χ0v) is 17.8. The van der Waals surface area contributed by atoms with E-state index in [9.17, 15) is 19.2 Å². The maximum absolute atomic E-state index is 13.4. The number of hydrogen-bond donors (Lipinski definition) is 1. The first kappa shape index (κ1) is 21.5. The van der Waals surface area contributed by atoms with Gasteiger partial charge in [-0.15, -0.1) is 6.58 Å². The van der Waals surface area contributed by atoms with E-state index in [-0.39, 0.29) is 23.6 Å². The summed E-state index contributed by atoms with van der Waals surface area (Å²) in [4.78, 5) is 54.8. The van der Waals surface area contributed by atoms with Crippen LogP contribution < -0.4 is 5.32 Å². The van der Waals surface area contributed by atoms with Crippen molar-refractivity contribution in [2.45, 2.75) is 31.2 Å². The summed E-state index contributed by atoms with van der Waals surface area (Å²) in [5.41, 5.74) is 0.172. The van der Waals surface area contributed by atoms with Gasteiger partial charge in [-0.3, -0.25) is 24.1 Å². The van der Waals surface area contributed by atoms with Crippen molar-refractivity contribution >= 4 is 29.3 Å². The molecule has 1 heterocycles. The van der Waals surface area contributed by atoms with Crippen LogP contribution in [0.5, 0.6) is 0 Å². The quantitative estimate of drug-likeness (QED) is 0.539. The lowest BCUT2D eigenvalue weighted by atomic mass is 9.92. The lowest BCUT2D eigenvalue weighted by molar-refractivity contribution is -0.144. The van der Waals surface area contributed by atoms with E-state index in [4.69, 9.17) is 0 Å². The van der Waals surface area contributed by atoms with Crippen LogP contribution in [-0.4, -0.2) is 52.1 Å². The molecule has 0 radical (unpaired) electrons. The molecule has 7 nitrogen and oxygen atoms in total. The van der Waals surface area contributed by atoms with Gasteiger partial charge in [0.1, 0.15) is 12.1 Å². The normalized spacial score (nSPS) is 16.6. The van der Waals surface area contributed by atoms with Crippen molar-refractivity contribution in [3.63, 3.8) is 0 Å². The average Bonchev–Trinajstić information content (AvgIpc) is 3.39. The van der Waals surface area contributed by atoms with Crippen LogP contribution in [0.2, 0.25) is 0 Å². The summed E-state index contributed by atoms with van der Waals surface area (Å²) in [6.45, 7) is 3.48. The van der Waals surface area contributed by atoms with Gasteiger partial charge in [-0.1, -0.05) is 49.2 Å². The largest absolute Gasteiger partial charge is 0.324 e. The molecule has 1 aliphatic heterocycles. The second kappa shape index (κ2) is 8.78. The fourth-order valence-corrected chi connectivity index (χ4v) is 4.60. The molecule has 4 amide bonds. The molecule has 0 aromatic heterocycles. The highest BCUT2D eigenvalue weighted by atomic mass is 16.2. The molecule has 0 saturated heterocycles. The summed E-state index contributed by atoms with van der Waals surface area (Å²) >= 11 is 0. The number of benzene rings is 2. The number of fused-ring (bicyclic) bond motifs is 1. The molecule has 2 aliphatic rings. The van der Waals surface area contributed by atoms with Crippen LogP contribution in [0.15, 0.2) is 67.3 Å². The van der Waals surface area contributed by atoms with Crippen LogP contribution in [0.1, 0.15) is 46.4 Å². The zero-order valence-electron chi connectivity index (χ0n) is 17.8. The van der Waals surface area contributed by atoms with Crippen molar-refractivity contribution in [2.24, 2.45) is 0 Å². The molecule has 2 aromatic rings. The minimum Gasteiger partial charge on any atom is -0.324 e. The van der Waals surface area contributed by atoms with Gasteiger partial charge in [0.25, 0.3) is 11.8 Å². The Bertz CT molecular complexity index is 1040. The van der Waals surface area contributed by atoms with Gasteiger partial charge >= 0.3 is 0 Å². The summed E-state index contributed by atoms with van der Waals surface area (Å²) in [6.07, 6.45) is 4.18. The van der Waals surface area contributed by atoms with Crippen molar-refractivity contribution in [3.05, 3.63) is 78.4 Å². The summed E-state index contributed by atoms with van der Waals surface area (Å²) in [5.74, 6) is -1.71. The molecule has 0 unspecified atom stereocenters. The molecular weight excluding hydrogens is 406 g/mol. The van der Waals surface area contributed by atoms with Crippen molar-refractivity contribution in [3.8, 4) is 0 Å². The van der Waals surface area contributed by atoms with Crippen molar-refractivity contribution in [2.75, 3.05) is 18.4 Å². The van der Waals surface area contributed by atoms with Gasteiger partial charge in [0.15, 0.2) is 0 Å². The molecule has 1 saturated carbocycles. The second-order valence-corrected chi connectivity index (χ2v) is 8.09. The average molecular weight is 431 g/mol. The van der Waals surface area contributed by atoms with Crippen LogP contribution in [0.25, 0.3) is 0 Å². The maximum Gasteiger partial charge on any atom is 0.262 e. The van der Waals surface area contributed by atoms with E-state index in [1.54, 1.807) is 42.5 Å². The molecule has 2 aromatic carbocycles. The third kappa shape index (κ3) is 3.70. The monoisotopic (exact) mass is 431 g/mol. The Kier molecular flexibility index (Phi) is 5.90. The van der Waals surface area contributed by atoms with Crippen LogP contribution in [0.3, 0.4) is 0 Å². The Morgan fingerprint density at radius 1 is 0.969 bits per heavy atom. The predicted molar refractivity (Wildman–Crippen MR) is 120 cm³/mol. The van der Waals surface area contributed by atoms with E-state index in [1.165, 1.54) is 4.90 Å². The third-order valence-electron chi connectivity index (χ3n) is 6.19. The molecule has 164 valence electrons. The Labute approximate surface area is 186 Å². The molecule has 0 bridgehead atoms. The lowest BCUT2D eigenvalue weighted by Crippen LogP contribution is -2.59. The van der Waals surface area contributed by atoms with E-state index in [1.807, 2.05) is 18.2 Å². The van der Waals surface area contributed by atoms with Gasteiger partial charge in [0, 0.05) is 12.2 Å². The van der Waals surface area contributed by atoms with Gasteiger partial charge in [-0.2, -0.15) is 0 Å². The molecule has 1 aliphatic carbocycles. The third-order valence-corrected chi connectivity index (χ3v) is 6.19. The molecular formula is C25H25N3O4. The van der Waals surface area contributed by atoms with Crippen LogP contribution in [0, 0.1) is 0 Å². The molecule has 32 heavy (non-hydrogen) atoms. The Balaban J connectivity index is 1.59. The summed E-state index contributed by atoms with van der Waals surface area (Å²) in [6, 6.07) is 15.6. The van der Waals surface area contributed by atoms with Crippen LogP contribution in [0.4, 0.5) is 5.69 Å². The molecule has 0 atom stereocenters. The number of imide groups is 1. The van der Waals surface area contributed by atoms with Crippen molar-refractivity contribution in [1.29, 1.82) is 0 Å². The van der Waals surface area contributed by atoms with Gasteiger partial charge in [-0.25, -0.2) is 0 Å². The number of rotatable bonds is 7. The number of nitrogens with zero attached hydrogens (tertiary/aromatic N) is 2. The molecule has 7 heteroatoms. The standard InChI is InChI=1S/C25H25N3O4/c1-2-16-28(21(29)17-27-22(30)19-12-6-7-13-20(19)23(27)31)25(14-8-9-15-25)24(32)26-18-10-4-3-5-11-18/h2-7,10-13H,1,8-9,14-17H2,(H,26,32). The number of carbonyl (C=O) groups excluding carboxylic acids is 4. The number of hydrogen-bond acceptors (Lipinski definition) is 4. The highest BCUT2D eigenvalue weighted by Gasteiger charge is 2.49. The SMILES string of the molecule is C=CCN(C(=O)CN1C(=O)c2ccccc2C1=O)C1(C(=O)Nc2ccccc2)CCCC1. The fourth-order valence-electron chi connectivity index (χ4n) is 4.60. The summed E-state index contributed by atoms with van der Waals surface area (Å²) in [7, 11) is 0. The summed E-state index contributed by atoms with van der Waals surface area (Å²) < 4.78 is 0. The second-order valence-electron chi connectivity index (χ2n) is 8.09. The number of amides is 4. The smallest absolute Gasteiger partial charge is 0.262 e. The van der Waals surface area contributed by atoms with Gasteiger partial charge in [-0.05, 0) is 37.1 Å². The number of nitrogens with one attached hydrogen (secondary N) is 1. The van der Waals surface area contributed by atoms with E-state index >= 15 is 0 Å². The van der Waals surface area contributed by atoms with Crippen LogP contribution >= 0.6 is 0 Å². The highest BCUT2D eigenvalue weighted by Crippen LogP contribution is 2.37. The minimum atomic E-state index is -1.06. The van der Waals surface area contributed by atoms with Gasteiger partial charge in [0.2, 0.25) is 11.8 Å². The first-order valence-electron chi connectivity index (χ1n) is 10.7. The Morgan fingerprint density at radius 3 is 2.09 bits per heavy atom. The zero-order chi connectivity index (χ0) is 22.7. The van der Waals surface area contributed by atoms with E-state index in [2.05, 4.69) is 11.9 Å². The molecule has 1 N–H and O–H groups in total. The van der Waals surface area contributed by atoms with Gasteiger partial charge < -0.3 is 10.2 Å². The van der Waals surface area contributed by atoms with Gasteiger partial charge in [0.05, 0.1) is 11.1 Å². The first-order valence-corrected chi connectivity index (χ1v) is 10.7. The van der Waals surface area contributed by atoms with E-state index < -0.39 is 29.8 Å². The van der Waals surface area contributed by atoms with E-state index in [0.717, 1.165) is 17.7 Å². The molecule has 0 spiro atoms. The highest BCUT2D eigenvalue weighted by molar-refractivity contribution is 6.22. The maximum atomic E-state index is 13.4. The number of para-hydroxylation sites is 1. The topological polar surface area (TPSA) is 86.8 Å². The van der Waals surface area contributed by atoms with Crippen LogP contribution in [-0.2, 0) is 9.59 Å². The lowest BCUT2D eigenvalue weighted by Gasteiger charge is -2.40. The van der Waals surface area contributed by atoms with Crippen molar-refractivity contribution < 1.29 is 19.2 Å².